The Labute approximate surface area is 146 Å². The second-order valence-corrected chi connectivity index (χ2v) is 6.27. The Kier molecular flexibility index (Phi) is 7.63. The average Bonchev–Trinajstić information content (AvgIpc) is 2.70. The van der Waals surface area contributed by atoms with E-state index in [4.69, 9.17) is 0 Å². The summed E-state index contributed by atoms with van der Waals surface area (Å²) < 4.78 is 0. The quantitative estimate of drug-likeness (QED) is 0.775. The van der Waals surface area contributed by atoms with Gasteiger partial charge in [-0.1, -0.05) is 55.0 Å². The average molecular weight is 323 g/mol. The summed E-state index contributed by atoms with van der Waals surface area (Å²) in [6, 6.07) is 11.0. The van der Waals surface area contributed by atoms with E-state index in [1.54, 1.807) is 0 Å². The molecular formula is C21H29N3. The van der Waals surface area contributed by atoms with Crippen molar-refractivity contribution in [2.45, 2.75) is 52.0 Å². The molecule has 1 aliphatic rings. The first-order valence-corrected chi connectivity index (χ1v) is 8.91. The van der Waals surface area contributed by atoms with Crippen molar-refractivity contribution in [3.05, 3.63) is 59.7 Å². The van der Waals surface area contributed by atoms with Gasteiger partial charge >= 0.3 is 0 Å². The molecule has 1 unspecified atom stereocenters. The minimum absolute atomic E-state index is 0.276. The van der Waals surface area contributed by atoms with Crippen LogP contribution in [-0.4, -0.2) is 24.5 Å². The maximum absolute atomic E-state index is 4.57. The van der Waals surface area contributed by atoms with E-state index in [-0.39, 0.29) is 6.04 Å². The fraction of sp³-hybridized carbons (Fsp3) is 0.429. The number of benzene rings is 1. The van der Waals surface area contributed by atoms with Gasteiger partial charge in [0.05, 0.1) is 11.4 Å². The Morgan fingerprint density at radius 1 is 1.17 bits per heavy atom. The van der Waals surface area contributed by atoms with E-state index in [0.29, 0.717) is 0 Å². The van der Waals surface area contributed by atoms with Crippen LogP contribution in [0.4, 0.5) is 0 Å². The molecule has 0 bridgehead atoms. The summed E-state index contributed by atoms with van der Waals surface area (Å²) in [5.74, 6) is 0. The van der Waals surface area contributed by atoms with E-state index in [2.05, 4.69) is 64.9 Å². The number of allylic oxidation sites excluding steroid dienone is 4. The maximum atomic E-state index is 4.57. The van der Waals surface area contributed by atoms with Crippen LogP contribution >= 0.6 is 0 Å². The van der Waals surface area contributed by atoms with Crippen molar-refractivity contribution >= 4 is 11.4 Å². The zero-order chi connectivity index (χ0) is 17.2. The molecular weight excluding hydrogens is 294 g/mol. The molecule has 1 atom stereocenters. The van der Waals surface area contributed by atoms with Gasteiger partial charge in [0.1, 0.15) is 0 Å². The third kappa shape index (κ3) is 5.89. The van der Waals surface area contributed by atoms with Crippen LogP contribution in [0.25, 0.3) is 0 Å². The lowest BCUT2D eigenvalue weighted by atomic mass is 9.96. The van der Waals surface area contributed by atoms with Crippen molar-refractivity contribution in [1.29, 1.82) is 0 Å². The number of nitrogens with zero attached hydrogens (tertiary/aromatic N) is 2. The molecule has 0 spiro atoms. The number of hydrogen-bond acceptors (Lipinski definition) is 3. The zero-order valence-corrected chi connectivity index (χ0v) is 15.1. The molecule has 1 aliphatic heterocycles. The predicted molar refractivity (Wildman–Crippen MR) is 105 cm³/mol. The highest BCUT2D eigenvalue weighted by molar-refractivity contribution is 5.96. The molecule has 0 radical (unpaired) electrons. The molecule has 3 heteroatoms. The third-order valence-corrected chi connectivity index (χ3v) is 4.42. The van der Waals surface area contributed by atoms with E-state index >= 15 is 0 Å². The highest BCUT2D eigenvalue weighted by Gasteiger charge is 2.16. The first-order chi connectivity index (χ1) is 11.7. The van der Waals surface area contributed by atoms with Crippen LogP contribution in [0.2, 0.25) is 0 Å². The van der Waals surface area contributed by atoms with Gasteiger partial charge in [-0.15, -0.1) is 0 Å². The lowest BCUT2D eigenvalue weighted by molar-refractivity contribution is 0.602. The van der Waals surface area contributed by atoms with Gasteiger partial charge in [0.25, 0.3) is 0 Å². The van der Waals surface area contributed by atoms with Crippen molar-refractivity contribution in [1.82, 2.24) is 5.32 Å². The second-order valence-electron chi connectivity index (χ2n) is 6.27. The normalized spacial score (nSPS) is 24.2. The second kappa shape index (κ2) is 9.99. The molecule has 3 nitrogen and oxygen atoms in total. The number of rotatable bonds is 7. The van der Waals surface area contributed by atoms with Crippen LogP contribution in [0.1, 0.15) is 45.1 Å². The Morgan fingerprint density at radius 3 is 2.67 bits per heavy atom. The summed E-state index contributed by atoms with van der Waals surface area (Å²) in [5, 5.41) is 12.4. The van der Waals surface area contributed by atoms with Crippen molar-refractivity contribution < 1.29 is 0 Å². The maximum Gasteiger partial charge on any atom is 0.0615 e. The molecule has 0 saturated heterocycles. The van der Waals surface area contributed by atoms with E-state index in [1.807, 2.05) is 20.0 Å². The van der Waals surface area contributed by atoms with Crippen LogP contribution in [0.5, 0.6) is 0 Å². The summed E-state index contributed by atoms with van der Waals surface area (Å²) in [7, 11) is 2.02. The van der Waals surface area contributed by atoms with Gasteiger partial charge in [-0.3, -0.25) is 0 Å². The summed E-state index contributed by atoms with van der Waals surface area (Å²) >= 11 is 0. The Hall–Kier alpha value is -2.00. The minimum Gasteiger partial charge on any atom is -0.312 e. The highest BCUT2D eigenvalue weighted by Crippen LogP contribution is 2.15. The van der Waals surface area contributed by atoms with Gasteiger partial charge in [-0.05, 0) is 51.3 Å². The number of aryl methyl sites for hydroxylation is 1. The van der Waals surface area contributed by atoms with Crippen molar-refractivity contribution in [3.63, 3.8) is 0 Å². The van der Waals surface area contributed by atoms with Gasteiger partial charge < -0.3 is 5.32 Å². The van der Waals surface area contributed by atoms with E-state index < -0.39 is 0 Å². The van der Waals surface area contributed by atoms with Crippen LogP contribution < -0.4 is 5.32 Å². The first kappa shape index (κ1) is 18.3. The molecule has 2 rings (SSSR count). The topological polar surface area (TPSA) is 36.8 Å². The molecule has 0 fully saturated rings. The Bertz CT molecular complexity index is 624. The van der Waals surface area contributed by atoms with Crippen molar-refractivity contribution in [2.75, 3.05) is 7.05 Å². The van der Waals surface area contributed by atoms with Gasteiger partial charge in [0, 0.05) is 12.5 Å². The molecule has 0 amide bonds. The molecule has 0 saturated carbocycles. The van der Waals surface area contributed by atoms with Gasteiger partial charge in [0.15, 0.2) is 0 Å². The fourth-order valence-corrected chi connectivity index (χ4v) is 2.90. The van der Waals surface area contributed by atoms with E-state index in [9.17, 15) is 0 Å². The zero-order valence-electron chi connectivity index (χ0n) is 15.1. The lowest BCUT2D eigenvalue weighted by Crippen LogP contribution is -2.34. The molecule has 1 N–H and O–H groups in total. The van der Waals surface area contributed by atoms with Crippen LogP contribution in [0.15, 0.2) is 64.3 Å². The predicted octanol–water partition coefficient (Wildman–Crippen LogP) is 4.71. The number of hydrogen-bond donors (Lipinski definition) is 1. The molecule has 0 aliphatic carbocycles. The Morgan fingerprint density at radius 2 is 1.96 bits per heavy atom. The molecule has 1 aromatic carbocycles. The lowest BCUT2D eigenvalue weighted by Gasteiger charge is -2.19. The molecule has 24 heavy (non-hydrogen) atoms. The Balaban J connectivity index is 2.03. The van der Waals surface area contributed by atoms with E-state index in [1.165, 1.54) is 11.1 Å². The van der Waals surface area contributed by atoms with E-state index in [0.717, 1.165) is 43.5 Å². The highest BCUT2D eigenvalue weighted by atomic mass is 15.2. The SMILES string of the molecule is CC/C1=C/C=C\C(C)=N\N=C(\C(CCCc2ccccc2)NC)C1. The first-order valence-electron chi connectivity index (χ1n) is 8.91. The van der Waals surface area contributed by atoms with Gasteiger partial charge in [0.2, 0.25) is 0 Å². The standard InChI is InChI=1S/C21H29N3/c1-4-18-13-8-10-17(2)23-24-21(16-18)20(22-3)15-9-14-19-11-6-5-7-12-19/h5-8,10-13,20,22H,4,9,14-16H2,1-3H3/b10-8-,18-13-,23-17+,24-21+. The van der Waals surface area contributed by atoms with Crippen LogP contribution in [-0.2, 0) is 6.42 Å². The summed E-state index contributed by atoms with van der Waals surface area (Å²) in [5.41, 5.74) is 4.89. The molecule has 128 valence electrons. The summed E-state index contributed by atoms with van der Waals surface area (Å²) in [6.07, 6.45) is 11.6. The minimum atomic E-state index is 0.276. The molecule has 1 aromatic rings. The molecule has 0 aromatic heterocycles. The van der Waals surface area contributed by atoms with Crippen LogP contribution in [0.3, 0.4) is 0 Å². The monoisotopic (exact) mass is 323 g/mol. The van der Waals surface area contributed by atoms with Crippen LogP contribution in [0, 0.1) is 0 Å². The number of nitrogens with one attached hydrogen (secondary N) is 1. The largest absolute Gasteiger partial charge is 0.312 e. The summed E-state index contributed by atoms with van der Waals surface area (Å²) in [6.45, 7) is 4.19. The third-order valence-electron chi connectivity index (χ3n) is 4.42. The van der Waals surface area contributed by atoms with Gasteiger partial charge in [-0.25, -0.2) is 0 Å². The van der Waals surface area contributed by atoms with Crippen molar-refractivity contribution in [3.8, 4) is 0 Å². The van der Waals surface area contributed by atoms with Crippen molar-refractivity contribution in [2.24, 2.45) is 10.2 Å². The molecule has 1 heterocycles. The fourth-order valence-electron chi connectivity index (χ4n) is 2.90. The smallest absolute Gasteiger partial charge is 0.0615 e. The van der Waals surface area contributed by atoms with Gasteiger partial charge in [-0.2, -0.15) is 10.2 Å². The summed E-state index contributed by atoms with van der Waals surface area (Å²) in [4.78, 5) is 0.